The third kappa shape index (κ3) is 38.4. The topological polar surface area (TPSA) is 195 Å². The van der Waals surface area contributed by atoms with Crippen molar-refractivity contribution in [1.82, 2.24) is 23.4 Å². The first kappa shape index (κ1) is 112. The maximum atomic E-state index is 9.15. The molecule has 2 aromatic carbocycles. The Kier molecular flexibility index (Phi) is 57.2. The van der Waals surface area contributed by atoms with Crippen molar-refractivity contribution in [1.29, 1.82) is 0 Å². The maximum absolute atomic E-state index is 9.15. The van der Waals surface area contributed by atoms with Crippen LogP contribution in [0.2, 0.25) is 5.04 Å². The van der Waals surface area contributed by atoms with Gasteiger partial charge in [-0.25, -0.2) is 36.5 Å². The fraction of sp³-hybridized carbons (Fsp3) is 0.829. The minimum atomic E-state index is -2.62. The first-order valence-electron chi connectivity index (χ1n) is 42.4. The molecule has 34 heteroatoms. The average molecular weight is 1750 g/mol. The second kappa shape index (κ2) is 59.5. The Morgan fingerprint density at radius 3 is 0.974 bits per heavy atom. The molecule has 0 aliphatic carbocycles. The number of hydrogen-bond donors (Lipinski definition) is 2. The van der Waals surface area contributed by atoms with Crippen LogP contribution in [0.3, 0.4) is 0 Å². The molecular formula is C82H151B4ClN7O16P5Si. The van der Waals surface area contributed by atoms with Crippen LogP contribution in [0.15, 0.2) is 60.7 Å². The van der Waals surface area contributed by atoms with Gasteiger partial charge in [0.2, 0.25) is 20.7 Å². The van der Waals surface area contributed by atoms with Gasteiger partial charge >= 0.3 is 0 Å². The van der Waals surface area contributed by atoms with E-state index in [4.69, 9.17) is 130 Å². The predicted octanol–water partition coefficient (Wildman–Crippen LogP) is 17.7. The highest BCUT2D eigenvalue weighted by Gasteiger charge is 2.51. The molecule has 0 bridgehead atoms. The average Bonchev–Trinajstić information content (AvgIpc) is 0.991. The Bertz CT molecular complexity index is 2850. The molecule has 9 unspecified atom stereocenters. The Morgan fingerprint density at radius 2 is 0.698 bits per heavy atom. The van der Waals surface area contributed by atoms with Crippen LogP contribution in [0.5, 0.6) is 0 Å². The molecule has 116 heavy (non-hydrogen) atoms. The predicted molar refractivity (Wildman–Crippen MR) is 488 cm³/mol. The Labute approximate surface area is 722 Å². The minimum absolute atomic E-state index is 0.00636. The third-order valence-corrected chi connectivity index (χ3v) is 35.2. The summed E-state index contributed by atoms with van der Waals surface area (Å²) in [6.45, 7) is 75.0. The zero-order chi connectivity index (χ0) is 87.7. The molecule has 4 aliphatic heterocycles. The summed E-state index contributed by atoms with van der Waals surface area (Å²) in [6, 6.07) is 23.3. The zero-order valence-corrected chi connectivity index (χ0v) is 82.1. The van der Waals surface area contributed by atoms with Crippen molar-refractivity contribution in [3.63, 3.8) is 0 Å². The molecule has 2 aromatic rings. The van der Waals surface area contributed by atoms with Crippen molar-refractivity contribution in [2.24, 2.45) is 0 Å². The summed E-state index contributed by atoms with van der Waals surface area (Å²) < 4.78 is 96.4. The summed E-state index contributed by atoms with van der Waals surface area (Å²) in [7, 11) is 14.6. The van der Waals surface area contributed by atoms with E-state index >= 15 is 0 Å². The molecule has 4 fully saturated rings. The first-order chi connectivity index (χ1) is 54.7. The van der Waals surface area contributed by atoms with Crippen LogP contribution < -0.4 is 10.4 Å². The van der Waals surface area contributed by atoms with Gasteiger partial charge in [0.15, 0.2) is 0 Å². The second-order valence-electron chi connectivity index (χ2n) is 32.9. The lowest BCUT2D eigenvalue weighted by atomic mass is 9.96. The molecule has 8 radical (unpaired) electrons. The normalized spacial score (nSPS) is 23.9. The Hall–Kier alpha value is -0.503. The van der Waals surface area contributed by atoms with Crippen LogP contribution in [0, 0.1) is 13.1 Å². The summed E-state index contributed by atoms with van der Waals surface area (Å²) in [5.41, 5.74) is 0. The van der Waals surface area contributed by atoms with Crippen molar-refractivity contribution in [3.05, 3.63) is 83.5 Å². The fourth-order valence-corrected chi connectivity index (χ4v) is 28.1. The Morgan fingerprint density at radius 1 is 0.422 bits per heavy atom. The maximum Gasteiger partial charge on any atom is 0.261 e. The van der Waals surface area contributed by atoms with Crippen molar-refractivity contribution >= 4 is 103 Å². The monoisotopic (exact) mass is 1750 g/mol. The molecular weight excluding hydrogens is 1600 g/mol. The standard InChI is InChI=1S/C30H47BNO4PSi.C23H46BN3O5P2.C14H29BNO4P.C9H18ClN2OP.C6H11BO2/c1-9-27-28(22-29(31)35-27)36-37(32(23(2)3)24(4)5)33-20-21-34-38(30(6,7)8,25-16-12-10-13-17-25)26-18-14-11-15-19-26;1-11-21-22(16-23(24)31-21)32-34(27(19(6)7)20(8)9)30-15-14-29-33(28-13-12-25-10)26(17(2)3)18(4)5;1-6-12-13(9-14(15)19-12)20-21(18-8-7-17)16(10(2)3)11(4)5;1-8(2)12(9(3)4)14(10)13-7-6-11-5;1-2-5-4(8)3-6(7)9-5/h10-19,23-24,27-29H,9,20-22H2,1-8H3;17-23H,11-16H2,1-9H3;10-14,17H,6-9H2,1-5H3;8-9H,6-7H2,1-4H3;4-6,8H,2-3H2,1H3/t27-,28?,29-,37?;21-,22?,23-,33?,34?;12-,13?,14-,21?;;4?,5-,6-/m111.1/s1. The van der Waals surface area contributed by atoms with Crippen molar-refractivity contribution in [2.45, 2.75) is 377 Å². The van der Waals surface area contributed by atoms with Gasteiger partial charge in [-0.3, -0.25) is 0 Å². The van der Waals surface area contributed by atoms with E-state index in [2.05, 4.69) is 274 Å². The number of hydrogen-bond acceptors (Lipinski definition) is 21. The Balaban J connectivity index is 0.000000530. The van der Waals surface area contributed by atoms with Gasteiger partial charge in [0.25, 0.3) is 42.4 Å². The van der Waals surface area contributed by atoms with Crippen LogP contribution >= 0.6 is 53.0 Å². The van der Waals surface area contributed by atoms with Crippen LogP contribution in [-0.2, 0) is 64.1 Å². The van der Waals surface area contributed by atoms with Gasteiger partial charge in [0.05, 0.1) is 88.5 Å². The van der Waals surface area contributed by atoms with Gasteiger partial charge in [-0.2, -0.15) is 0 Å². The number of halogens is 1. The molecule has 0 aromatic heterocycles. The van der Waals surface area contributed by atoms with E-state index in [9.17, 15) is 0 Å². The highest BCUT2D eigenvalue weighted by atomic mass is 35.7. The van der Waals surface area contributed by atoms with Crippen molar-refractivity contribution in [2.75, 3.05) is 65.9 Å². The number of nitrogens with zero attached hydrogens (tertiary/aromatic N) is 7. The lowest BCUT2D eigenvalue weighted by Crippen LogP contribution is -2.66. The zero-order valence-electron chi connectivity index (χ0n) is 75.9. The quantitative estimate of drug-likeness (QED) is 0.0275. The highest BCUT2D eigenvalue weighted by molar-refractivity contribution is 7.78. The van der Waals surface area contributed by atoms with E-state index in [0.29, 0.717) is 103 Å². The van der Waals surface area contributed by atoms with Crippen LogP contribution in [-0.4, -0.2) is 272 Å². The van der Waals surface area contributed by atoms with Gasteiger partial charge in [-0.15, -0.1) is 0 Å². The summed E-state index contributed by atoms with van der Waals surface area (Å²) in [4.78, 5) is 6.61. The molecule has 4 saturated heterocycles. The fourth-order valence-electron chi connectivity index (χ4n) is 14.4. The summed E-state index contributed by atoms with van der Waals surface area (Å²) in [5, 5.41) is 20.7. The molecule has 6 rings (SSSR count). The summed E-state index contributed by atoms with van der Waals surface area (Å²) >= 11 is 6.14. The van der Waals surface area contributed by atoms with Gasteiger partial charge in [0, 0.05) is 84.4 Å². The van der Waals surface area contributed by atoms with Crippen LogP contribution in [0.1, 0.15) is 238 Å². The molecule has 2 N–H and O–H groups in total. The van der Waals surface area contributed by atoms with Gasteiger partial charge in [0.1, 0.15) is 44.6 Å². The summed E-state index contributed by atoms with van der Waals surface area (Å²) in [6.07, 6.45) is 5.46. The lowest BCUT2D eigenvalue weighted by Gasteiger charge is -2.43. The third-order valence-electron chi connectivity index (χ3n) is 19.1. The number of aliphatic hydroxyl groups is 2. The molecule has 4 aliphatic rings. The van der Waals surface area contributed by atoms with Crippen molar-refractivity contribution < 1.29 is 74.3 Å². The van der Waals surface area contributed by atoms with Gasteiger partial charge in [-0.1, -0.05) is 109 Å². The van der Waals surface area contributed by atoms with E-state index in [1.807, 2.05) is 6.92 Å². The molecule has 0 spiro atoms. The highest BCUT2D eigenvalue weighted by Crippen LogP contribution is 2.54. The largest absolute Gasteiger partial charge is 0.405 e. The number of ether oxygens (including phenoxy) is 4. The SMILES string of the molecule is [B][C@H]1CC(O)[C@@H](CC)O1.[B][C@H]1CC(OP(OCCO)N(C(C)C)C(C)C)[C@@H](CC)O1.[B][C@H]1CC(OP(OCCOP(OCC[N+]#[C-])N(C(C)C)C(C)C)N(C(C)C)C(C)C)[C@@H](CC)O1.[B][C@H]1CC(OP(OCCO[Si](c2ccccc2)(c2ccccc2)C(C)(C)C)N(C(C)C)C(C)C)[C@@H](CC)O1.[C-]#[N+]CCOP(Cl)N(C(C)C)C(C)C. The van der Waals surface area contributed by atoms with Gasteiger partial charge in [-0.05, 0) is 216 Å². The minimum Gasteiger partial charge on any atom is -0.405 e. The van der Waals surface area contributed by atoms with E-state index < -0.39 is 50.1 Å². The van der Waals surface area contributed by atoms with E-state index in [-0.39, 0.29) is 127 Å². The lowest BCUT2D eigenvalue weighted by molar-refractivity contribution is 0.0302. The molecule has 17 atom stereocenters. The van der Waals surface area contributed by atoms with Crippen LogP contribution in [0.4, 0.5) is 0 Å². The second-order valence-corrected chi connectivity index (χ2v) is 45.0. The molecule has 23 nitrogen and oxygen atoms in total. The smallest absolute Gasteiger partial charge is 0.261 e. The van der Waals surface area contributed by atoms with E-state index in [0.717, 1.165) is 25.7 Å². The van der Waals surface area contributed by atoms with Gasteiger partial charge < -0.3 is 84.0 Å². The summed E-state index contributed by atoms with van der Waals surface area (Å²) in [5.74, 6) is 0. The first-order valence-corrected chi connectivity index (χ1v) is 50.9. The molecule has 0 amide bonds. The number of aliphatic hydroxyl groups excluding tert-OH is 2. The number of rotatable bonds is 46. The van der Waals surface area contributed by atoms with Crippen LogP contribution in [0.25, 0.3) is 9.69 Å². The van der Waals surface area contributed by atoms with E-state index in [1.54, 1.807) is 0 Å². The molecule has 658 valence electrons. The van der Waals surface area contributed by atoms with Crippen molar-refractivity contribution in [3.8, 4) is 0 Å². The molecule has 4 heterocycles. The molecule has 0 saturated carbocycles. The van der Waals surface area contributed by atoms with E-state index in [1.165, 1.54) is 10.4 Å². The number of benzene rings is 2.